The van der Waals surface area contributed by atoms with Crippen LogP contribution in [0.2, 0.25) is 0 Å². The van der Waals surface area contributed by atoms with Gasteiger partial charge in [-0.05, 0) is 0 Å². The molecule has 0 unspecified atom stereocenters. The summed E-state index contributed by atoms with van der Waals surface area (Å²) in [6, 6.07) is 0. The summed E-state index contributed by atoms with van der Waals surface area (Å²) in [5, 5.41) is 16.0. The van der Waals surface area contributed by atoms with Crippen LogP contribution < -0.4 is 0 Å². The molecule has 0 aliphatic carbocycles. The fraction of sp³-hybridized carbons (Fsp3) is 0.625. The molecule has 14 heavy (non-hydrogen) atoms. The van der Waals surface area contributed by atoms with E-state index in [2.05, 4.69) is 15.2 Å². The van der Waals surface area contributed by atoms with Crippen LogP contribution in [0.15, 0.2) is 17.8 Å². The molecule has 0 saturated heterocycles. The maximum Gasteiger partial charge on any atom is 0.178 e. The van der Waals surface area contributed by atoms with Crippen LogP contribution in [-0.2, 0) is 4.74 Å². The van der Waals surface area contributed by atoms with Crippen LogP contribution in [-0.4, -0.2) is 39.5 Å². The number of nitrogens with zero attached hydrogens (tertiary/aromatic N) is 4. The molecule has 0 bridgehead atoms. The number of methoxy groups -OCH3 is 1. The van der Waals surface area contributed by atoms with Crippen LogP contribution >= 0.6 is 0 Å². The second-order valence-corrected chi connectivity index (χ2v) is 3.58. The van der Waals surface area contributed by atoms with Gasteiger partial charge in [-0.2, -0.15) is 5.10 Å². The van der Waals surface area contributed by atoms with Gasteiger partial charge in [0.1, 0.15) is 12.7 Å². The average molecular weight is 198 g/mol. The molecule has 0 radical (unpaired) electrons. The minimum atomic E-state index is -0.419. The molecule has 0 spiro atoms. The molecule has 0 aromatic carbocycles. The van der Waals surface area contributed by atoms with Crippen LogP contribution in [0.1, 0.15) is 13.8 Å². The third kappa shape index (κ3) is 2.08. The Morgan fingerprint density at radius 1 is 1.64 bits per heavy atom. The summed E-state index contributed by atoms with van der Waals surface area (Å²) in [7, 11) is 1.60. The van der Waals surface area contributed by atoms with Crippen molar-refractivity contribution in [3.05, 3.63) is 12.7 Å². The molecule has 1 N–H and O–H groups in total. The van der Waals surface area contributed by atoms with E-state index in [1.165, 1.54) is 17.3 Å². The first-order valence-corrected chi connectivity index (χ1v) is 4.18. The molecule has 1 aromatic heterocycles. The quantitative estimate of drug-likeness (QED) is 0.334. The van der Waals surface area contributed by atoms with Gasteiger partial charge in [-0.3, -0.25) is 0 Å². The zero-order chi connectivity index (χ0) is 10.6. The summed E-state index contributed by atoms with van der Waals surface area (Å²) in [5.74, 6) is 0.400. The molecular weight excluding hydrogens is 184 g/mol. The lowest BCUT2D eigenvalue weighted by atomic mass is 9.93. The highest BCUT2D eigenvalue weighted by molar-refractivity contribution is 5.88. The van der Waals surface area contributed by atoms with E-state index < -0.39 is 5.41 Å². The molecule has 0 amide bonds. The van der Waals surface area contributed by atoms with Crippen molar-refractivity contribution in [2.45, 2.75) is 13.8 Å². The van der Waals surface area contributed by atoms with Gasteiger partial charge in [-0.1, -0.05) is 19.0 Å². The molecule has 0 fully saturated rings. The SMILES string of the molecule is COCC(C)(C)/C(=N/O)n1cncn1. The second kappa shape index (κ2) is 4.19. The number of hydrogen-bond acceptors (Lipinski definition) is 5. The van der Waals surface area contributed by atoms with E-state index in [0.717, 1.165) is 0 Å². The van der Waals surface area contributed by atoms with Crippen LogP contribution in [0.5, 0.6) is 0 Å². The van der Waals surface area contributed by atoms with E-state index in [1.54, 1.807) is 7.11 Å². The molecule has 1 heterocycles. The smallest absolute Gasteiger partial charge is 0.178 e. The molecule has 78 valence electrons. The fourth-order valence-electron chi connectivity index (χ4n) is 1.23. The Balaban J connectivity index is 2.94. The van der Waals surface area contributed by atoms with Gasteiger partial charge >= 0.3 is 0 Å². The first-order chi connectivity index (χ1) is 6.61. The van der Waals surface area contributed by atoms with Crippen molar-refractivity contribution in [3.63, 3.8) is 0 Å². The Bertz CT molecular complexity index is 305. The largest absolute Gasteiger partial charge is 0.409 e. The highest BCUT2D eigenvalue weighted by Gasteiger charge is 2.28. The van der Waals surface area contributed by atoms with Gasteiger partial charge in [0.25, 0.3) is 0 Å². The number of aromatic nitrogens is 3. The Morgan fingerprint density at radius 3 is 2.79 bits per heavy atom. The van der Waals surface area contributed by atoms with Crippen LogP contribution in [0, 0.1) is 5.41 Å². The van der Waals surface area contributed by atoms with Gasteiger partial charge < -0.3 is 9.94 Å². The molecule has 0 saturated carbocycles. The Morgan fingerprint density at radius 2 is 2.36 bits per heavy atom. The minimum Gasteiger partial charge on any atom is -0.409 e. The maximum absolute atomic E-state index is 8.90. The average Bonchev–Trinajstić information content (AvgIpc) is 2.57. The molecular formula is C8H14N4O2. The lowest BCUT2D eigenvalue weighted by Gasteiger charge is -2.23. The zero-order valence-electron chi connectivity index (χ0n) is 8.51. The second-order valence-electron chi connectivity index (χ2n) is 3.58. The molecule has 6 nitrogen and oxygen atoms in total. The van der Waals surface area contributed by atoms with Gasteiger partial charge in [0.15, 0.2) is 5.84 Å². The van der Waals surface area contributed by atoms with Gasteiger partial charge in [0, 0.05) is 7.11 Å². The number of oxime groups is 1. The molecule has 0 atom stereocenters. The van der Waals surface area contributed by atoms with E-state index in [1.807, 2.05) is 13.8 Å². The third-order valence-corrected chi connectivity index (χ3v) is 1.84. The zero-order valence-corrected chi connectivity index (χ0v) is 8.51. The van der Waals surface area contributed by atoms with Crippen molar-refractivity contribution in [1.29, 1.82) is 0 Å². The molecule has 1 aromatic rings. The fourth-order valence-corrected chi connectivity index (χ4v) is 1.23. The predicted octanol–water partition coefficient (Wildman–Crippen LogP) is 0.587. The third-order valence-electron chi connectivity index (χ3n) is 1.84. The van der Waals surface area contributed by atoms with Crippen molar-refractivity contribution >= 4 is 5.84 Å². The molecule has 0 aliphatic heterocycles. The number of ether oxygens (including phenoxy) is 1. The van der Waals surface area contributed by atoms with Crippen molar-refractivity contribution in [2.24, 2.45) is 10.6 Å². The molecule has 0 aliphatic rings. The first kappa shape index (κ1) is 10.6. The lowest BCUT2D eigenvalue weighted by Crippen LogP contribution is -2.35. The highest BCUT2D eigenvalue weighted by Crippen LogP contribution is 2.18. The van der Waals surface area contributed by atoms with Crippen LogP contribution in [0.3, 0.4) is 0 Å². The van der Waals surface area contributed by atoms with Crippen molar-refractivity contribution in [3.8, 4) is 0 Å². The highest BCUT2D eigenvalue weighted by atomic mass is 16.5. The van der Waals surface area contributed by atoms with Gasteiger partial charge in [-0.15, -0.1) is 0 Å². The summed E-state index contributed by atoms with van der Waals surface area (Å²) < 4.78 is 6.45. The summed E-state index contributed by atoms with van der Waals surface area (Å²) in [6.45, 7) is 4.23. The van der Waals surface area contributed by atoms with E-state index in [0.29, 0.717) is 12.4 Å². The summed E-state index contributed by atoms with van der Waals surface area (Å²) >= 11 is 0. The van der Waals surface area contributed by atoms with E-state index in [-0.39, 0.29) is 0 Å². The van der Waals surface area contributed by atoms with Crippen molar-refractivity contribution < 1.29 is 9.94 Å². The summed E-state index contributed by atoms with van der Waals surface area (Å²) in [4.78, 5) is 3.78. The Labute approximate surface area is 82.2 Å². The normalized spacial score (nSPS) is 13.2. The van der Waals surface area contributed by atoms with Gasteiger partial charge in [-0.25, -0.2) is 9.67 Å². The maximum atomic E-state index is 8.90. The van der Waals surface area contributed by atoms with Gasteiger partial charge in [0.05, 0.1) is 12.0 Å². The van der Waals surface area contributed by atoms with Crippen LogP contribution in [0.4, 0.5) is 0 Å². The number of rotatable bonds is 3. The first-order valence-electron chi connectivity index (χ1n) is 4.18. The lowest BCUT2D eigenvalue weighted by molar-refractivity contribution is 0.137. The monoisotopic (exact) mass is 198 g/mol. The number of hydrogen-bond donors (Lipinski definition) is 1. The van der Waals surface area contributed by atoms with Crippen molar-refractivity contribution in [2.75, 3.05) is 13.7 Å². The predicted molar refractivity (Wildman–Crippen MR) is 50.3 cm³/mol. The van der Waals surface area contributed by atoms with Crippen molar-refractivity contribution in [1.82, 2.24) is 14.8 Å². The van der Waals surface area contributed by atoms with E-state index in [9.17, 15) is 0 Å². The van der Waals surface area contributed by atoms with E-state index >= 15 is 0 Å². The minimum absolute atomic E-state index is 0.400. The van der Waals surface area contributed by atoms with E-state index in [4.69, 9.17) is 9.94 Å². The van der Waals surface area contributed by atoms with Crippen LogP contribution in [0.25, 0.3) is 0 Å². The molecule has 6 heteroatoms. The standard InChI is InChI=1S/C8H14N4O2/c1-8(2,4-14-3)7(11-13)12-6-9-5-10-12/h5-6,13H,4H2,1-3H3/b11-7-. The summed E-state index contributed by atoms with van der Waals surface area (Å²) in [6.07, 6.45) is 2.86. The van der Waals surface area contributed by atoms with Gasteiger partial charge in [0.2, 0.25) is 0 Å². The topological polar surface area (TPSA) is 72.5 Å². The molecule has 1 rings (SSSR count). The Hall–Kier alpha value is -1.43. The summed E-state index contributed by atoms with van der Waals surface area (Å²) in [5.41, 5.74) is -0.419. The Kier molecular flexibility index (Phi) is 3.19.